The van der Waals surface area contributed by atoms with Gasteiger partial charge in [-0.3, -0.25) is 0 Å². The van der Waals surface area contributed by atoms with E-state index in [0.717, 1.165) is 25.4 Å². The zero-order valence-electron chi connectivity index (χ0n) is 9.94. The van der Waals surface area contributed by atoms with Crippen molar-refractivity contribution in [1.82, 2.24) is 9.88 Å². The van der Waals surface area contributed by atoms with E-state index in [2.05, 4.69) is 34.3 Å². The molecule has 3 nitrogen and oxygen atoms in total. The Hall–Kier alpha value is -1.74. The Morgan fingerprint density at radius 3 is 2.76 bits per heavy atom. The van der Waals surface area contributed by atoms with Crippen molar-refractivity contribution in [3.05, 3.63) is 42.2 Å². The second-order valence-electron chi connectivity index (χ2n) is 4.27. The third-order valence-corrected chi connectivity index (χ3v) is 3.30. The summed E-state index contributed by atoms with van der Waals surface area (Å²) in [6.07, 6.45) is 2.18. The van der Waals surface area contributed by atoms with Crippen LogP contribution in [0.2, 0.25) is 0 Å². The normalized spacial score (nSPS) is 14.4. The van der Waals surface area contributed by atoms with Gasteiger partial charge < -0.3 is 14.6 Å². The lowest BCUT2D eigenvalue weighted by atomic mass is 10.1. The lowest BCUT2D eigenvalue weighted by molar-refractivity contribution is 0.415. The standard InChI is InChI=1S/C14H16N2O/c1-17-12-4-2-11(3-5-12)13-6-8-16-9-7-15-10-14(13)16/h2-6,8,15H,7,9-10H2,1H3. The van der Waals surface area contributed by atoms with Crippen LogP contribution in [0.3, 0.4) is 0 Å². The van der Waals surface area contributed by atoms with E-state index >= 15 is 0 Å². The molecule has 0 radical (unpaired) electrons. The molecule has 0 atom stereocenters. The minimum atomic E-state index is 0.903. The van der Waals surface area contributed by atoms with Crippen LogP contribution in [0, 0.1) is 0 Å². The van der Waals surface area contributed by atoms with Crippen LogP contribution in [0.1, 0.15) is 5.69 Å². The molecule has 0 saturated heterocycles. The average Bonchev–Trinajstić information content (AvgIpc) is 2.83. The van der Waals surface area contributed by atoms with Gasteiger partial charge in [-0.05, 0) is 23.8 Å². The molecule has 88 valence electrons. The molecule has 1 aliphatic heterocycles. The number of aromatic nitrogens is 1. The van der Waals surface area contributed by atoms with Crippen molar-refractivity contribution < 1.29 is 4.74 Å². The zero-order valence-corrected chi connectivity index (χ0v) is 9.94. The lowest BCUT2D eigenvalue weighted by Gasteiger charge is -2.18. The molecule has 0 unspecified atom stereocenters. The molecule has 0 spiro atoms. The first-order valence-corrected chi connectivity index (χ1v) is 5.91. The molecule has 3 heteroatoms. The minimum Gasteiger partial charge on any atom is -0.497 e. The third kappa shape index (κ3) is 1.83. The maximum Gasteiger partial charge on any atom is 0.118 e. The molecule has 2 aromatic rings. The largest absolute Gasteiger partial charge is 0.497 e. The second-order valence-corrected chi connectivity index (χ2v) is 4.27. The smallest absolute Gasteiger partial charge is 0.118 e. The Labute approximate surface area is 101 Å². The summed E-state index contributed by atoms with van der Waals surface area (Å²) in [7, 11) is 1.69. The maximum atomic E-state index is 5.18. The summed E-state index contributed by atoms with van der Waals surface area (Å²) in [5.74, 6) is 0.903. The SMILES string of the molecule is COc1ccc(-c2ccn3c2CNCC3)cc1. The molecule has 0 saturated carbocycles. The van der Waals surface area contributed by atoms with Crippen molar-refractivity contribution in [2.75, 3.05) is 13.7 Å². The molecule has 0 amide bonds. The van der Waals surface area contributed by atoms with E-state index in [1.165, 1.54) is 16.8 Å². The molecule has 3 rings (SSSR count). The third-order valence-electron chi connectivity index (χ3n) is 3.30. The molecule has 17 heavy (non-hydrogen) atoms. The van der Waals surface area contributed by atoms with Crippen LogP contribution in [-0.2, 0) is 13.1 Å². The number of benzene rings is 1. The van der Waals surface area contributed by atoms with Gasteiger partial charge in [0.2, 0.25) is 0 Å². The number of ether oxygens (including phenoxy) is 1. The quantitative estimate of drug-likeness (QED) is 0.853. The molecule has 0 bridgehead atoms. The molecular formula is C14H16N2O. The van der Waals surface area contributed by atoms with E-state index in [-0.39, 0.29) is 0 Å². The van der Waals surface area contributed by atoms with Crippen LogP contribution in [0.4, 0.5) is 0 Å². The number of hydrogen-bond acceptors (Lipinski definition) is 2. The highest BCUT2D eigenvalue weighted by atomic mass is 16.5. The highest BCUT2D eigenvalue weighted by Gasteiger charge is 2.13. The summed E-state index contributed by atoms with van der Waals surface area (Å²) in [5, 5.41) is 3.41. The first-order chi connectivity index (χ1) is 8.38. The molecular weight excluding hydrogens is 212 g/mol. The van der Waals surface area contributed by atoms with Gasteiger partial charge >= 0.3 is 0 Å². The highest BCUT2D eigenvalue weighted by Crippen LogP contribution is 2.27. The predicted molar refractivity (Wildman–Crippen MR) is 68.1 cm³/mol. The van der Waals surface area contributed by atoms with Gasteiger partial charge in [-0.15, -0.1) is 0 Å². The number of fused-ring (bicyclic) bond motifs is 1. The Morgan fingerprint density at radius 1 is 1.18 bits per heavy atom. The fourth-order valence-corrected chi connectivity index (χ4v) is 2.35. The number of nitrogens with one attached hydrogen (secondary N) is 1. The van der Waals surface area contributed by atoms with E-state index in [4.69, 9.17) is 4.74 Å². The molecule has 1 N–H and O–H groups in total. The maximum absolute atomic E-state index is 5.18. The summed E-state index contributed by atoms with van der Waals surface area (Å²) in [6.45, 7) is 3.07. The average molecular weight is 228 g/mol. The van der Waals surface area contributed by atoms with Crippen molar-refractivity contribution >= 4 is 0 Å². The van der Waals surface area contributed by atoms with E-state index in [0.29, 0.717) is 0 Å². The van der Waals surface area contributed by atoms with E-state index in [9.17, 15) is 0 Å². The van der Waals surface area contributed by atoms with Crippen molar-refractivity contribution in [2.24, 2.45) is 0 Å². The molecule has 0 fully saturated rings. The Kier molecular flexibility index (Phi) is 2.61. The van der Waals surface area contributed by atoms with Crippen molar-refractivity contribution in [1.29, 1.82) is 0 Å². The molecule has 2 heterocycles. The predicted octanol–water partition coefficient (Wildman–Crippen LogP) is 2.27. The Morgan fingerprint density at radius 2 is 2.00 bits per heavy atom. The summed E-state index contributed by atoms with van der Waals surface area (Å²) >= 11 is 0. The number of methoxy groups -OCH3 is 1. The molecule has 1 aliphatic rings. The van der Waals surface area contributed by atoms with Crippen LogP contribution in [0.5, 0.6) is 5.75 Å². The first-order valence-electron chi connectivity index (χ1n) is 5.91. The highest BCUT2D eigenvalue weighted by molar-refractivity contribution is 5.67. The van der Waals surface area contributed by atoms with Crippen molar-refractivity contribution in [3.8, 4) is 16.9 Å². The molecule has 1 aromatic heterocycles. The van der Waals surface area contributed by atoms with Gasteiger partial charge in [0.25, 0.3) is 0 Å². The second kappa shape index (κ2) is 4.26. The van der Waals surface area contributed by atoms with E-state index in [1.54, 1.807) is 7.11 Å². The summed E-state index contributed by atoms with van der Waals surface area (Å²) < 4.78 is 7.51. The van der Waals surface area contributed by atoms with Gasteiger partial charge in [-0.1, -0.05) is 12.1 Å². The van der Waals surface area contributed by atoms with Crippen LogP contribution in [-0.4, -0.2) is 18.2 Å². The monoisotopic (exact) mass is 228 g/mol. The van der Waals surface area contributed by atoms with Crippen molar-refractivity contribution in [3.63, 3.8) is 0 Å². The van der Waals surface area contributed by atoms with E-state index in [1.807, 2.05) is 12.1 Å². The van der Waals surface area contributed by atoms with Gasteiger partial charge in [-0.2, -0.15) is 0 Å². The zero-order chi connectivity index (χ0) is 11.7. The topological polar surface area (TPSA) is 26.2 Å². The minimum absolute atomic E-state index is 0.903. The van der Waals surface area contributed by atoms with Gasteiger partial charge in [0.15, 0.2) is 0 Å². The summed E-state index contributed by atoms with van der Waals surface area (Å²) in [4.78, 5) is 0. The van der Waals surface area contributed by atoms with Gasteiger partial charge in [0.05, 0.1) is 7.11 Å². The molecule has 1 aromatic carbocycles. The fourth-order valence-electron chi connectivity index (χ4n) is 2.35. The number of nitrogens with zero attached hydrogens (tertiary/aromatic N) is 1. The first kappa shape index (κ1) is 10.4. The van der Waals surface area contributed by atoms with Crippen LogP contribution in [0.15, 0.2) is 36.5 Å². The molecule has 0 aliphatic carbocycles. The van der Waals surface area contributed by atoms with Crippen molar-refractivity contribution in [2.45, 2.75) is 13.1 Å². The van der Waals surface area contributed by atoms with Gasteiger partial charge in [0, 0.05) is 37.1 Å². The fraction of sp³-hybridized carbons (Fsp3) is 0.286. The Balaban J connectivity index is 2.00. The van der Waals surface area contributed by atoms with Gasteiger partial charge in [-0.25, -0.2) is 0 Å². The Bertz CT molecular complexity index is 514. The van der Waals surface area contributed by atoms with Crippen LogP contribution in [0.25, 0.3) is 11.1 Å². The number of hydrogen-bond donors (Lipinski definition) is 1. The number of rotatable bonds is 2. The van der Waals surface area contributed by atoms with E-state index < -0.39 is 0 Å². The lowest BCUT2D eigenvalue weighted by Crippen LogP contribution is -2.27. The van der Waals surface area contributed by atoms with Crippen LogP contribution < -0.4 is 10.1 Å². The van der Waals surface area contributed by atoms with Crippen LogP contribution >= 0.6 is 0 Å². The summed E-state index contributed by atoms with van der Waals surface area (Å²) in [5.41, 5.74) is 3.95. The van der Waals surface area contributed by atoms with Gasteiger partial charge in [0.1, 0.15) is 5.75 Å². The summed E-state index contributed by atoms with van der Waals surface area (Å²) in [6, 6.07) is 10.4.